The zero-order valence-corrected chi connectivity index (χ0v) is 10.3. The molecular formula is C14H18O3. The fourth-order valence-corrected chi connectivity index (χ4v) is 1.94. The van der Waals surface area contributed by atoms with Gasteiger partial charge in [0.15, 0.2) is 0 Å². The average Bonchev–Trinajstić information content (AvgIpc) is 3.13. The quantitative estimate of drug-likeness (QED) is 0.734. The third-order valence-electron chi connectivity index (χ3n) is 3.11. The van der Waals surface area contributed by atoms with E-state index >= 15 is 0 Å². The first-order valence-electron chi connectivity index (χ1n) is 5.98. The van der Waals surface area contributed by atoms with Crippen LogP contribution in [0.25, 0.3) is 0 Å². The number of methoxy groups -OCH3 is 1. The van der Waals surface area contributed by atoms with Gasteiger partial charge in [0.05, 0.1) is 13.0 Å². The third-order valence-corrected chi connectivity index (χ3v) is 3.11. The number of ether oxygens (including phenoxy) is 2. The number of esters is 1. The van der Waals surface area contributed by atoms with Gasteiger partial charge >= 0.3 is 5.97 Å². The summed E-state index contributed by atoms with van der Waals surface area (Å²) in [6.45, 7) is 2.44. The molecule has 0 heterocycles. The molecule has 1 aliphatic carbocycles. The van der Waals surface area contributed by atoms with Gasteiger partial charge in [-0.15, -0.1) is 0 Å². The lowest BCUT2D eigenvalue weighted by Gasteiger charge is -2.15. The molecule has 1 aliphatic rings. The topological polar surface area (TPSA) is 35.5 Å². The van der Waals surface area contributed by atoms with E-state index in [2.05, 4.69) is 0 Å². The Morgan fingerprint density at radius 1 is 1.47 bits per heavy atom. The van der Waals surface area contributed by atoms with Gasteiger partial charge < -0.3 is 9.47 Å². The highest BCUT2D eigenvalue weighted by molar-refractivity contribution is 5.73. The SMILES string of the molecule is COC(=O)C(COc1cccc(C)c1)C1CC1. The first kappa shape index (κ1) is 12.0. The fourth-order valence-electron chi connectivity index (χ4n) is 1.94. The Kier molecular flexibility index (Phi) is 3.67. The van der Waals surface area contributed by atoms with E-state index in [1.165, 1.54) is 7.11 Å². The van der Waals surface area contributed by atoms with Crippen molar-refractivity contribution in [2.45, 2.75) is 19.8 Å². The molecule has 1 aromatic rings. The number of hydrogen-bond acceptors (Lipinski definition) is 3. The van der Waals surface area contributed by atoms with Crippen molar-refractivity contribution in [3.05, 3.63) is 29.8 Å². The number of rotatable bonds is 5. The van der Waals surface area contributed by atoms with Gasteiger partial charge in [-0.25, -0.2) is 0 Å². The van der Waals surface area contributed by atoms with Gasteiger partial charge in [-0.3, -0.25) is 4.79 Å². The summed E-state index contributed by atoms with van der Waals surface area (Å²) >= 11 is 0. The van der Waals surface area contributed by atoms with Crippen LogP contribution in [-0.4, -0.2) is 19.7 Å². The molecule has 0 spiro atoms. The van der Waals surface area contributed by atoms with Crippen molar-refractivity contribution in [3.8, 4) is 5.75 Å². The summed E-state index contributed by atoms with van der Waals surface area (Å²) in [6.07, 6.45) is 2.22. The zero-order valence-electron chi connectivity index (χ0n) is 10.3. The van der Waals surface area contributed by atoms with Crippen LogP contribution in [0.15, 0.2) is 24.3 Å². The summed E-state index contributed by atoms with van der Waals surface area (Å²) in [7, 11) is 1.43. The van der Waals surface area contributed by atoms with Gasteiger partial charge in [-0.1, -0.05) is 12.1 Å². The van der Waals surface area contributed by atoms with Crippen molar-refractivity contribution < 1.29 is 14.3 Å². The summed E-state index contributed by atoms with van der Waals surface area (Å²) in [4.78, 5) is 11.6. The van der Waals surface area contributed by atoms with E-state index in [0.29, 0.717) is 12.5 Å². The van der Waals surface area contributed by atoms with Crippen LogP contribution in [0.5, 0.6) is 5.75 Å². The lowest BCUT2D eigenvalue weighted by molar-refractivity contribution is -0.147. The highest BCUT2D eigenvalue weighted by Crippen LogP contribution is 2.37. The molecule has 1 saturated carbocycles. The molecule has 3 heteroatoms. The first-order chi connectivity index (χ1) is 8.20. The number of benzene rings is 1. The predicted octanol–water partition coefficient (Wildman–Crippen LogP) is 2.57. The molecule has 1 aromatic carbocycles. The Hall–Kier alpha value is -1.51. The maximum Gasteiger partial charge on any atom is 0.312 e. The van der Waals surface area contributed by atoms with E-state index in [0.717, 1.165) is 24.2 Å². The predicted molar refractivity (Wildman–Crippen MR) is 64.9 cm³/mol. The molecule has 0 saturated heterocycles. The monoisotopic (exact) mass is 234 g/mol. The lowest BCUT2D eigenvalue weighted by Crippen LogP contribution is -2.25. The van der Waals surface area contributed by atoms with E-state index in [1.54, 1.807) is 0 Å². The number of carbonyl (C=O) groups is 1. The van der Waals surface area contributed by atoms with Crippen LogP contribution in [0.2, 0.25) is 0 Å². The molecule has 0 amide bonds. The second kappa shape index (κ2) is 5.21. The Bertz CT molecular complexity index is 396. The molecule has 1 fully saturated rings. The maximum absolute atomic E-state index is 11.6. The van der Waals surface area contributed by atoms with Crippen LogP contribution in [0.4, 0.5) is 0 Å². The highest BCUT2D eigenvalue weighted by atomic mass is 16.5. The molecule has 1 atom stereocenters. The van der Waals surface area contributed by atoms with Gasteiger partial charge in [0, 0.05) is 0 Å². The molecule has 0 radical (unpaired) electrons. The number of carbonyl (C=O) groups excluding carboxylic acids is 1. The van der Waals surface area contributed by atoms with E-state index in [-0.39, 0.29) is 11.9 Å². The van der Waals surface area contributed by atoms with Gasteiger partial charge in [0.1, 0.15) is 12.4 Å². The van der Waals surface area contributed by atoms with Crippen molar-refractivity contribution in [2.24, 2.45) is 11.8 Å². The molecule has 2 rings (SSSR count). The highest BCUT2D eigenvalue weighted by Gasteiger charge is 2.37. The molecule has 0 aromatic heterocycles. The van der Waals surface area contributed by atoms with Crippen LogP contribution in [0.3, 0.4) is 0 Å². The van der Waals surface area contributed by atoms with Crippen molar-refractivity contribution in [1.29, 1.82) is 0 Å². The normalized spacial score (nSPS) is 16.4. The van der Waals surface area contributed by atoms with Crippen LogP contribution in [0.1, 0.15) is 18.4 Å². The van der Waals surface area contributed by atoms with Crippen LogP contribution >= 0.6 is 0 Å². The number of aryl methyl sites for hydroxylation is 1. The summed E-state index contributed by atoms with van der Waals surface area (Å²) in [5, 5.41) is 0. The average molecular weight is 234 g/mol. The molecule has 0 aliphatic heterocycles. The Morgan fingerprint density at radius 2 is 2.24 bits per heavy atom. The Balaban J connectivity index is 1.93. The maximum atomic E-state index is 11.6. The van der Waals surface area contributed by atoms with Crippen molar-refractivity contribution in [1.82, 2.24) is 0 Å². The first-order valence-corrected chi connectivity index (χ1v) is 5.98. The molecule has 17 heavy (non-hydrogen) atoms. The minimum Gasteiger partial charge on any atom is -0.493 e. The standard InChI is InChI=1S/C14H18O3/c1-10-4-3-5-12(8-10)17-9-13(11-6-7-11)14(15)16-2/h3-5,8,11,13H,6-7,9H2,1-2H3. The number of hydrogen-bond donors (Lipinski definition) is 0. The minimum atomic E-state index is -0.153. The Morgan fingerprint density at radius 3 is 2.82 bits per heavy atom. The summed E-state index contributed by atoms with van der Waals surface area (Å²) in [5.74, 6) is 1.01. The molecule has 0 bridgehead atoms. The van der Waals surface area contributed by atoms with Crippen molar-refractivity contribution in [2.75, 3.05) is 13.7 Å². The van der Waals surface area contributed by atoms with Crippen LogP contribution in [0, 0.1) is 18.8 Å². The van der Waals surface area contributed by atoms with Gasteiger partial charge in [-0.05, 0) is 43.4 Å². The third kappa shape index (κ3) is 3.22. The lowest BCUT2D eigenvalue weighted by atomic mass is 10.1. The molecular weight excluding hydrogens is 216 g/mol. The largest absolute Gasteiger partial charge is 0.493 e. The molecule has 3 nitrogen and oxygen atoms in total. The summed E-state index contributed by atoms with van der Waals surface area (Å²) in [6, 6.07) is 7.86. The van der Waals surface area contributed by atoms with Crippen molar-refractivity contribution in [3.63, 3.8) is 0 Å². The van der Waals surface area contributed by atoms with Crippen LogP contribution in [-0.2, 0) is 9.53 Å². The fraction of sp³-hybridized carbons (Fsp3) is 0.500. The second-order valence-electron chi connectivity index (χ2n) is 4.59. The van der Waals surface area contributed by atoms with E-state index < -0.39 is 0 Å². The van der Waals surface area contributed by atoms with E-state index in [1.807, 2.05) is 31.2 Å². The van der Waals surface area contributed by atoms with Crippen LogP contribution < -0.4 is 4.74 Å². The van der Waals surface area contributed by atoms with E-state index in [4.69, 9.17) is 9.47 Å². The smallest absolute Gasteiger partial charge is 0.312 e. The van der Waals surface area contributed by atoms with Gasteiger partial charge in [-0.2, -0.15) is 0 Å². The second-order valence-corrected chi connectivity index (χ2v) is 4.59. The zero-order chi connectivity index (χ0) is 12.3. The van der Waals surface area contributed by atoms with Crippen molar-refractivity contribution >= 4 is 5.97 Å². The molecule has 0 N–H and O–H groups in total. The summed E-state index contributed by atoms with van der Waals surface area (Å²) in [5.41, 5.74) is 1.16. The van der Waals surface area contributed by atoms with E-state index in [9.17, 15) is 4.79 Å². The molecule has 1 unspecified atom stereocenters. The Labute approximate surface area is 102 Å². The minimum absolute atomic E-state index is 0.111. The molecule has 92 valence electrons. The van der Waals surface area contributed by atoms with Gasteiger partial charge in [0.25, 0.3) is 0 Å². The summed E-state index contributed by atoms with van der Waals surface area (Å²) < 4.78 is 10.5. The van der Waals surface area contributed by atoms with Gasteiger partial charge in [0.2, 0.25) is 0 Å².